The van der Waals surface area contributed by atoms with Gasteiger partial charge in [-0.25, -0.2) is 0 Å². The van der Waals surface area contributed by atoms with Gasteiger partial charge in [0, 0.05) is 22.8 Å². The van der Waals surface area contributed by atoms with Crippen LogP contribution < -0.4 is 5.32 Å². The molecule has 0 aliphatic carbocycles. The first kappa shape index (κ1) is 15.7. The van der Waals surface area contributed by atoms with E-state index in [-0.39, 0.29) is 0 Å². The summed E-state index contributed by atoms with van der Waals surface area (Å²) in [4.78, 5) is 4.42. The lowest BCUT2D eigenvalue weighted by molar-refractivity contribution is 0.749. The molecule has 0 radical (unpaired) electrons. The van der Waals surface area contributed by atoms with Crippen molar-refractivity contribution in [3.8, 4) is 0 Å². The fourth-order valence-electron chi connectivity index (χ4n) is 1.89. The molecule has 0 saturated carbocycles. The summed E-state index contributed by atoms with van der Waals surface area (Å²) in [5, 5.41) is 3.53. The predicted octanol–water partition coefficient (Wildman–Crippen LogP) is 4.11. The lowest BCUT2D eigenvalue weighted by atomic mass is 9.93. The van der Waals surface area contributed by atoms with Gasteiger partial charge in [-0.15, -0.1) is 0 Å². The van der Waals surface area contributed by atoms with Gasteiger partial charge in [0.15, 0.2) is 0 Å². The van der Waals surface area contributed by atoms with E-state index in [4.69, 9.17) is 11.6 Å². The van der Waals surface area contributed by atoms with Crippen molar-refractivity contribution in [1.29, 1.82) is 0 Å². The molecule has 2 nitrogen and oxygen atoms in total. The first-order chi connectivity index (χ1) is 9.22. The topological polar surface area (TPSA) is 24.9 Å². The van der Waals surface area contributed by atoms with E-state index >= 15 is 0 Å². The average Bonchev–Trinajstić information content (AvgIpc) is 2.44. The summed E-state index contributed by atoms with van der Waals surface area (Å²) >= 11 is 5.89. The Hall–Kier alpha value is -1.38. The lowest BCUT2D eigenvalue weighted by Crippen LogP contribution is -2.01. The Bertz CT molecular complexity index is 454. The van der Waals surface area contributed by atoms with Crippen LogP contribution in [-0.2, 0) is 0 Å². The van der Waals surface area contributed by atoms with Gasteiger partial charge >= 0.3 is 0 Å². The Balaban J connectivity index is 0.000000550. The Kier molecular flexibility index (Phi) is 7.16. The van der Waals surface area contributed by atoms with Gasteiger partial charge in [0.25, 0.3) is 0 Å². The van der Waals surface area contributed by atoms with E-state index in [1.54, 1.807) is 0 Å². The number of hydrogen-bond donors (Lipinski definition) is 1. The van der Waals surface area contributed by atoms with Crippen molar-refractivity contribution in [1.82, 2.24) is 10.3 Å². The molecule has 0 fully saturated rings. The first-order valence-corrected chi connectivity index (χ1v) is 6.85. The van der Waals surface area contributed by atoms with Crippen LogP contribution in [0.2, 0.25) is 5.02 Å². The van der Waals surface area contributed by atoms with Crippen LogP contribution >= 0.6 is 11.6 Å². The zero-order valence-electron chi connectivity index (χ0n) is 11.7. The highest BCUT2D eigenvalue weighted by molar-refractivity contribution is 6.30. The number of aromatic nitrogens is 1. The first-order valence-electron chi connectivity index (χ1n) is 6.47. The fraction of sp³-hybridized carbons (Fsp3) is 0.312. The van der Waals surface area contributed by atoms with E-state index < -0.39 is 0 Å². The third-order valence-corrected chi connectivity index (χ3v) is 2.98. The predicted molar refractivity (Wildman–Crippen MR) is 82.8 cm³/mol. The number of nitrogens with zero attached hydrogens (tertiary/aromatic N) is 1. The molecule has 0 bridgehead atoms. The maximum absolute atomic E-state index is 5.89. The molecule has 1 N–H and O–H groups in total. The summed E-state index contributed by atoms with van der Waals surface area (Å²) < 4.78 is 0. The van der Waals surface area contributed by atoms with Crippen molar-refractivity contribution in [2.24, 2.45) is 0 Å². The Morgan fingerprint density at radius 1 is 1.11 bits per heavy atom. The molecule has 0 aliphatic heterocycles. The van der Waals surface area contributed by atoms with Crippen LogP contribution in [0.15, 0.2) is 48.7 Å². The van der Waals surface area contributed by atoms with Gasteiger partial charge in [0.1, 0.15) is 0 Å². The molecule has 0 spiro atoms. The number of halogens is 1. The second-order valence-electron chi connectivity index (χ2n) is 4.27. The molecular weight excluding hydrogens is 256 g/mol. The monoisotopic (exact) mass is 276 g/mol. The summed E-state index contributed by atoms with van der Waals surface area (Å²) in [5.74, 6) is 0.360. The van der Waals surface area contributed by atoms with Crippen molar-refractivity contribution >= 4 is 11.6 Å². The third-order valence-electron chi connectivity index (χ3n) is 2.73. The minimum atomic E-state index is 0.360. The van der Waals surface area contributed by atoms with Gasteiger partial charge in [-0.2, -0.15) is 0 Å². The molecule has 1 unspecified atom stereocenters. The SMILES string of the molecule is CCC(c1ccc(Cl)cc1)c1ccccn1.CNC. The molecule has 0 saturated heterocycles. The van der Waals surface area contributed by atoms with Crippen molar-refractivity contribution in [2.75, 3.05) is 14.1 Å². The molecule has 1 heterocycles. The molecule has 1 aromatic carbocycles. The number of rotatable bonds is 3. The molecule has 3 heteroatoms. The second kappa shape index (κ2) is 8.68. The highest BCUT2D eigenvalue weighted by atomic mass is 35.5. The van der Waals surface area contributed by atoms with Crippen molar-refractivity contribution < 1.29 is 0 Å². The van der Waals surface area contributed by atoms with E-state index in [2.05, 4.69) is 35.4 Å². The largest absolute Gasteiger partial charge is 0.323 e. The third kappa shape index (κ3) is 5.01. The van der Waals surface area contributed by atoms with Crippen LogP contribution in [0.25, 0.3) is 0 Å². The van der Waals surface area contributed by atoms with Crippen molar-refractivity contribution in [2.45, 2.75) is 19.3 Å². The van der Waals surface area contributed by atoms with Gasteiger partial charge in [-0.3, -0.25) is 4.98 Å². The van der Waals surface area contributed by atoms with Crippen LogP contribution in [0.3, 0.4) is 0 Å². The molecule has 19 heavy (non-hydrogen) atoms. The maximum Gasteiger partial charge on any atom is 0.0478 e. The Labute approximate surface area is 120 Å². The molecule has 1 aromatic heterocycles. The van der Waals surface area contributed by atoms with E-state index in [1.807, 2.05) is 44.6 Å². The van der Waals surface area contributed by atoms with Crippen molar-refractivity contribution in [3.63, 3.8) is 0 Å². The quantitative estimate of drug-likeness (QED) is 0.912. The van der Waals surface area contributed by atoms with Crippen LogP contribution in [0.1, 0.15) is 30.5 Å². The maximum atomic E-state index is 5.89. The molecule has 2 rings (SSSR count). The Morgan fingerprint density at radius 2 is 1.74 bits per heavy atom. The number of pyridine rings is 1. The van der Waals surface area contributed by atoms with Crippen LogP contribution in [0.5, 0.6) is 0 Å². The van der Waals surface area contributed by atoms with Gasteiger partial charge in [0.2, 0.25) is 0 Å². The molecule has 1 atom stereocenters. The lowest BCUT2D eigenvalue weighted by Gasteiger charge is -2.14. The minimum Gasteiger partial charge on any atom is -0.323 e. The highest BCUT2D eigenvalue weighted by Crippen LogP contribution is 2.26. The smallest absolute Gasteiger partial charge is 0.0478 e. The Morgan fingerprint density at radius 3 is 2.21 bits per heavy atom. The van der Waals surface area contributed by atoms with Gasteiger partial charge in [-0.1, -0.05) is 36.7 Å². The number of benzene rings is 1. The fourth-order valence-corrected chi connectivity index (χ4v) is 2.02. The average molecular weight is 277 g/mol. The zero-order valence-corrected chi connectivity index (χ0v) is 12.5. The number of nitrogens with one attached hydrogen (secondary N) is 1. The summed E-state index contributed by atoms with van der Waals surface area (Å²) in [5.41, 5.74) is 2.39. The van der Waals surface area contributed by atoms with Gasteiger partial charge in [0.05, 0.1) is 0 Å². The zero-order chi connectivity index (χ0) is 14.1. The standard InChI is InChI=1S/C14H14ClN.C2H7N/c1-2-13(14-5-3-4-10-16-14)11-6-8-12(15)9-7-11;1-3-2/h3-10,13H,2H2,1H3;3H,1-2H3. The second-order valence-corrected chi connectivity index (χ2v) is 4.70. The summed E-state index contributed by atoms with van der Waals surface area (Å²) in [6.45, 7) is 2.17. The van der Waals surface area contributed by atoms with E-state index in [0.29, 0.717) is 5.92 Å². The highest BCUT2D eigenvalue weighted by Gasteiger charge is 2.12. The molecule has 102 valence electrons. The summed E-state index contributed by atoms with van der Waals surface area (Å²) in [7, 11) is 3.75. The van der Waals surface area contributed by atoms with E-state index in [1.165, 1.54) is 5.56 Å². The van der Waals surface area contributed by atoms with Crippen LogP contribution in [0.4, 0.5) is 0 Å². The van der Waals surface area contributed by atoms with E-state index in [9.17, 15) is 0 Å². The minimum absolute atomic E-state index is 0.360. The molecule has 2 aromatic rings. The van der Waals surface area contributed by atoms with Gasteiger partial charge < -0.3 is 5.32 Å². The molecule has 0 amide bonds. The van der Waals surface area contributed by atoms with E-state index in [0.717, 1.165) is 17.1 Å². The number of hydrogen-bond acceptors (Lipinski definition) is 2. The summed E-state index contributed by atoms with van der Waals surface area (Å²) in [6, 6.07) is 14.1. The van der Waals surface area contributed by atoms with Gasteiger partial charge in [-0.05, 0) is 50.3 Å². The van der Waals surface area contributed by atoms with Crippen LogP contribution in [0, 0.1) is 0 Å². The molecule has 0 aliphatic rings. The van der Waals surface area contributed by atoms with Crippen LogP contribution in [-0.4, -0.2) is 19.1 Å². The van der Waals surface area contributed by atoms with Crippen molar-refractivity contribution in [3.05, 3.63) is 64.9 Å². The summed E-state index contributed by atoms with van der Waals surface area (Å²) in [6.07, 6.45) is 2.88. The normalized spacial score (nSPS) is 11.4. The molecular formula is C16H21ClN2.